The van der Waals surface area contributed by atoms with E-state index in [0.29, 0.717) is 22.3 Å². The van der Waals surface area contributed by atoms with E-state index >= 15 is 0 Å². The topological polar surface area (TPSA) is 52.6 Å². The van der Waals surface area contributed by atoms with Crippen LogP contribution in [-0.4, -0.2) is 25.2 Å². The smallest absolute Gasteiger partial charge is 0.339 e. The van der Waals surface area contributed by atoms with E-state index in [2.05, 4.69) is 13.2 Å². The molecule has 0 saturated carbocycles. The molecule has 0 spiro atoms. The van der Waals surface area contributed by atoms with E-state index in [1.54, 1.807) is 62.4 Å². The molecule has 0 fully saturated rings. The summed E-state index contributed by atoms with van der Waals surface area (Å²) in [6.07, 6.45) is 0. The zero-order valence-electron chi connectivity index (χ0n) is 15.1. The summed E-state index contributed by atoms with van der Waals surface area (Å²) in [5.74, 6) is -0.928. The van der Waals surface area contributed by atoms with E-state index in [9.17, 15) is 9.59 Å². The Labute approximate surface area is 153 Å². The Morgan fingerprint density at radius 3 is 1.42 bits per heavy atom. The zero-order valence-corrected chi connectivity index (χ0v) is 15.1. The largest absolute Gasteiger partial charge is 0.458 e. The molecule has 2 aromatic carbocycles. The van der Waals surface area contributed by atoms with Crippen molar-refractivity contribution in [1.29, 1.82) is 0 Å². The van der Waals surface area contributed by atoms with E-state index in [1.807, 2.05) is 0 Å². The second kappa shape index (κ2) is 8.81. The molecule has 0 bridgehead atoms. The fourth-order valence-electron chi connectivity index (χ4n) is 2.32. The number of esters is 2. The lowest BCUT2D eigenvalue weighted by Crippen LogP contribution is -2.11. The molecule has 0 unspecified atom stereocenters. The molecule has 0 radical (unpaired) electrons. The van der Waals surface area contributed by atoms with Crippen LogP contribution in [0, 0.1) is 0 Å². The predicted molar refractivity (Wildman–Crippen MR) is 102 cm³/mol. The molecule has 2 rings (SSSR count). The highest BCUT2D eigenvalue weighted by Crippen LogP contribution is 2.28. The molecule has 0 amide bonds. The first kappa shape index (κ1) is 19.2. The minimum atomic E-state index is -0.464. The SMILES string of the molecule is C=C(C)COC(=O)c1ccccc1-c1ccccc1C(=O)OCC(=C)C. The summed E-state index contributed by atoms with van der Waals surface area (Å²) >= 11 is 0. The molecule has 0 heterocycles. The molecule has 26 heavy (non-hydrogen) atoms. The van der Waals surface area contributed by atoms with E-state index < -0.39 is 11.9 Å². The summed E-state index contributed by atoms with van der Waals surface area (Å²) in [5, 5.41) is 0. The fourth-order valence-corrected chi connectivity index (χ4v) is 2.32. The fraction of sp³-hybridized carbons (Fsp3) is 0.182. The quantitative estimate of drug-likeness (QED) is 0.531. The second-order valence-electron chi connectivity index (χ2n) is 6.16. The Hall–Kier alpha value is -3.14. The molecule has 0 saturated heterocycles. The van der Waals surface area contributed by atoms with Crippen LogP contribution in [0.1, 0.15) is 34.6 Å². The van der Waals surface area contributed by atoms with Gasteiger partial charge in [0.1, 0.15) is 13.2 Å². The third kappa shape index (κ3) is 4.93. The monoisotopic (exact) mass is 350 g/mol. The Bertz CT molecular complexity index is 777. The van der Waals surface area contributed by atoms with Crippen molar-refractivity contribution in [1.82, 2.24) is 0 Å². The van der Waals surface area contributed by atoms with E-state index in [-0.39, 0.29) is 13.2 Å². The first-order valence-electron chi connectivity index (χ1n) is 8.21. The van der Waals surface area contributed by atoms with Crippen molar-refractivity contribution >= 4 is 11.9 Å². The van der Waals surface area contributed by atoms with E-state index in [4.69, 9.17) is 9.47 Å². The van der Waals surface area contributed by atoms with Crippen LogP contribution >= 0.6 is 0 Å². The number of hydrogen-bond donors (Lipinski definition) is 0. The van der Waals surface area contributed by atoms with Gasteiger partial charge in [-0.3, -0.25) is 0 Å². The van der Waals surface area contributed by atoms with Crippen molar-refractivity contribution in [3.8, 4) is 11.1 Å². The molecular weight excluding hydrogens is 328 g/mol. The maximum atomic E-state index is 12.4. The number of ether oxygens (including phenoxy) is 2. The summed E-state index contributed by atoms with van der Waals surface area (Å²) in [6, 6.07) is 14.0. The summed E-state index contributed by atoms with van der Waals surface area (Å²) < 4.78 is 10.5. The Balaban J connectivity index is 2.40. The van der Waals surface area contributed by atoms with Crippen LogP contribution in [0.25, 0.3) is 11.1 Å². The van der Waals surface area contributed by atoms with Gasteiger partial charge < -0.3 is 9.47 Å². The number of rotatable bonds is 7. The number of carbonyl (C=O) groups excluding carboxylic acids is 2. The number of hydrogen-bond acceptors (Lipinski definition) is 4. The van der Waals surface area contributed by atoms with Gasteiger partial charge in [0.05, 0.1) is 11.1 Å². The van der Waals surface area contributed by atoms with Gasteiger partial charge in [0.15, 0.2) is 0 Å². The summed E-state index contributed by atoms with van der Waals surface area (Å²) in [7, 11) is 0. The van der Waals surface area contributed by atoms with Crippen LogP contribution in [0.4, 0.5) is 0 Å². The highest BCUT2D eigenvalue weighted by Gasteiger charge is 2.19. The minimum absolute atomic E-state index is 0.148. The van der Waals surface area contributed by atoms with Gasteiger partial charge in [-0.2, -0.15) is 0 Å². The Morgan fingerprint density at radius 2 is 1.08 bits per heavy atom. The third-order valence-corrected chi connectivity index (χ3v) is 3.48. The van der Waals surface area contributed by atoms with Gasteiger partial charge in [-0.15, -0.1) is 0 Å². The predicted octanol–water partition coefficient (Wildman–Crippen LogP) is 4.82. The van der Waals surface area contributed by atoms with Gasteiger partial charge in [0.25, 0.3) is 0 Å². The van der Waals surface area contributed by atoms with Gasteiger partial charge in [-0.05, 0) is 48.3 Å². The molecule has 0 N–H and O–H groups in total. The second-order valence-corrected chi connectivity index (χ2v) is 6.16. The summed E-state index contributed by atoms with van der Waals surface area (Å²) in [5.41, 5.74) is 3.49. The van der Waals surface area contributed by atoms with Crippen LogP contribution in [0.2, 0.25) is 0 Å². The van der Waals surface area contributed by atoms with E-state index in [0.717, 1.165) is 11.1 Å². The van der Waals surface area contributed by atoms with Gasteiger partial charge in [0.2, 0.25) is 0 Å². The third-order valence-electron chi connectivity index (χ3n) is 3.48. The average molecular weight is 350 g/mol. The van der Waals surface area contributed by atoms with Gasteiger partial charge in [-0.25, -0.2) is 9.59 Å². The lowest BCUT2D eigenvalue weighted by molar-refractivity contribution is 0.0529. The van der Waals surface area contributed by atoms with Crippen molar-refractivity contribution in [2.24, 2.45) is 0 Å². The van der Waals surface area contributed by atoms with Crippen LogP contribution in [0.15, 0.2) is 72.8 Å². The Morgan fingerprint density at radius 1 is 0.731 bits per heavy atom. The lowest BCUT2D eigenvalue weighted by atomic mass is 9.95. The minimum Gasteiger partial charge on any atom is -0.458 e. The van der Waals surface area contributed by atoms with Crippen LogP contribution in [-0.2, 0) is 9.47 Å². The van der Waals surface area contributed by atoms with Crippen molar-refractivity contribution in [2.45, 2.75) is 13.8 Å². The summed E-state index contributed by atoms with van der Waals surface area (Å²) in [6.45, 7) is 11.3. The highest BCUT2D eigenvalue weighted by atomic mass is 16.5. The average Bonchev–Trinajstić information content (AvgIpc) is 2.64. The number of carbonyl (C=O) groups is 2. The molecule has 0 aromatic heterocycles. The normalized spacial score (nSPS) is 10.1. The molecule has 0 aliphatic carbocycles. The van der Waals surface area contributed by atoms with Crippen molar-refractivity contribution in [2.75, 3.05) is 13.2 Å². The van der Waals surface area contributed by atoms with Crippen molar-refractivity contribution < 1.29 is 19.1 Å². The van der Waals surface area contributed by atoms with Gasteiger partial charge in [-0.1, -0.05) is 49.6 Å². The van der Waals surface area contributed by atoms with Crippen LogP contribution in [0.5, 0.6) is 0 Å². The van der Waals surface area contributed by atoms with E-state index in [1.165, 1.54) is 0 Å². The van der Waals surface area contributed by atoms with Gasteiger partial charge in [0, 0.05) is 0 Å². The van der Waals surface area contributed by atoms with Crippen LogP contribution in [0.3, 0.4) is 0 Å². The van der Waals surface area contributed by atoms with Crippen molar-refractivity contribution in [3.05, 3.63) is 84.0 Å². The molecule has 0 atom stereocenters. The first-order valence-corrected chi connectivity index (χ1v) is 8.21. The number of benzene rings is 2. The molecule has 0 aliphatic heterocycles. The molecule has 2 aromatic rings. The Kier molecular flexibility index (Phi) is 6.50. The molecule has 4 heteroatoms. The summed E-state index contributed by atoms with van der Waals surface area (Å²) in [4.78, 5) is 24.9. The highest BCUT2D eigenvalue weighted by molar-refractivity contribution is 6.03. The molecular formula is C22H22O4. The lowest BCUT2D eigenvalue weighted by Gasteiger charge is -2.13. The zero-order chi connectivity index (χ0) is 19.1. The maximum absolute atomic E-state index is 12.4. The van der Waals surface area contributed by atoms with Crippen LogP contribution < -0.4 is 0 Å². The molecule has 134 valence electrons. The molecule has 4 nitrogen and oxygen atoms in total. The first-order chi connectivity index (χ1) is 12.4. The molecule has 0 aliphatic rings. The standard InChI is InChI=1S/C22H22O4/c1-15(2)13-25-21(23)19-11-7-5-9-17(19)18-10-6-8-12-20(18)22(24)26-14-16(3)4/h5-12H,1,3,13-14H2,2,4H3. The maximum Gasteiger partial charge on any atom is 0.339 e. The van der Waals surface area contributed by atoms with Crippen molar-refractivity contribution in [3.63, 3.8) is 0 Å². The van der Waals surface area contributed by atoms with Gasteiger partial charge >= 0.3 is 11.9 Å².